The molecular weight excluding hydrogens is 194 g/mol. The zero-order valence-electron chi connectivity index (χ0n) is 9.38. The van der Waals surface area contributed by atoms with Gasteiger partial charge in [0.05, 0.1) is 5.60 Å². The second kappa shape index (κ2) is 4.03. The molecule has 2 rings (SSSR count). The van der Waals surface area contributed by atoms with Gasteiger partial charge in [0.1, 0.15) is 0 Å². The van der Waals surface area contributed by atoms with Crippen LogP contribution in [0.2, 0.25) is 0 Å². The SMILES string of the molecule is CC1SCCC1NC1CCOC1(C)C. The average Bonchev–Trinajstić information content (AvgIpc) is 2.62. The Morgan fingerprint density at radius 2 is 2.14 bits per heavy atom. The summed E-state index contributed by atoms with van der Waals surface area (Å²) in [5.74, 6) is 1.31. The number of thioether (sulfide) groups is 1. The fourth-order valence-electron chi connectivity index (χ4n) is 2.38. The maximum Gasteiger partial charge on any atom is 0.0779 e. The van der Waals surface area contributed by atoms with Gasteiger partial charge in [0.25, 0.3) is 0 Å². The van der Waals surface area contributed by atoms with E-state index in [2.05, 4.69) is 37.8 Å². The van der Waals surface area contributed by atoms with Gasteiger partial charge in [-0.05, 0) is 32.4 Å². The highest BCUT2D eigenvalue weighted by atomic mass is 32.2. The predicted molar refractivity (Wildman–Crippen MR) is 61.9 cm³/mol. The second-order valence-corrected chi connectivity index (χ2v) is 6.42. The van der Waals surface area contributed by atoms with Crippen LogP contribution in [0.1, 0.15) is 33.6 Å². The number of ether oxygens (including phenoxy) is 1. The Hall–Kier alpha value is 0.270. The van der Waals surface area contributed by atoms with Gasteiger partial charge in [-0.1, -0.05) is 6.92 Å². The van der Waals surface area contributed by atoms with Crippen molar-refractivity contribution in [3.8, 4) is 0 Å². The summed E-state index contributed by atoms with van der Waals surface area (Å²) in [7, 11) is 0. The largest absolute Gasteiger partial charge is 0.374 e. The highest BCUT2D eigenvalue weighted by Gasteiger charge is 2.38. The van der Waals surface area contributed by atoms with Gasteiger partial charge >= 0.3 is 0 Å². The minimum absolute atomic E-state index is 0.0347. The van der Waals surface area contributed by atoms with Crippen molar-refractivity contribution in [2.45, 2.75) is 56.5 Å². The smallest absolute Gasteiger partial charge is 0.0779 e. The van der Waals surface area contributed by atoms with Crippen LogP contribution in [-0.2, 0) is 4.74 Å². The molecule has 0 spiro atoms. The van der Waals surface area contributed by atoms with E-state index in [0.29, 0.717) is 12.1 Å². The molecule has 0 aliphatic carbocycles. The second-order valence-electron chi connectivity index (χ2n) is 4.93. The van der Waals surface area contributed by atoms with Gasteiger partial charge in [-0.3, -0.25) is 0 Å². The minimum atomic E-state index is 0.0347. The lowest BCUT2D eigenvalue weighted by Gasteiger charge is -2.30. The third kappa shape index (κ3) is 2.10. The third-order valence-corrected chi connectivity index (χ3v) is 4.84. The summed E-state index contributed by atoms with van der Waals surface area (Å²) in [5, 5.41) is 4.54. The Labute approximate surface area is 91.2 Å². The fourth-order valence-corrected chi connectivity index (χ4v) is 3.59. The van der Waals surface area contributed by atoms with Crippen LogP contribution in [-0.4, -0.2) is 35.3 Å². The average molecular weight is 215 g/mol. The van der Waals surface area contributed by atoms with Crippen LogP contribution in [0.4, 0.5) is 0 Å². The molecule has 0 radical (unpaired) electrons. The van der Waals surface area contributed by atoms with E-state index in [1.165, 1.54) is 18.6 Å². The Balaban J connectivity index is 1.90. The lowest BCUT2D eigenvalue weighted by molar-refractivity contribution is 0.0196. The topological polar surface area (TPSA) is 21.3 Å². The van der Waals surface area contributed by atoms with E-state index < -0.39 is 0 Å². The van der Waals surface area contributed by atoms with E-state index in [4.69, 9.17) is 4.74 Å². The number of hydrogen-bond donors (Lipinski definition) is 1. The van der Waals surface area contributed by atoms with E-state index in [9.17, 15) is 0 Å². The predicted octanol–water partition coefficient (Wildman–Crippen LogP) is 2.04. The molecule has 2 saturated heterocycles. The molecule has 0 aromatic heterocycles. The molecular formula is C11H21NOS. The monoisotopic (exact) mass is 215 g/mol. The van der Waals surface area contributed by atoms with E-state index >= 15 is 0 Å². The molecule has 82 valence electrons. The number of rotatable bonds is 2. The Morgan fingerprint density at radius 3 is 2.64 bits per heavy atom. The van der Waals surface area contributed by atoms with E-state index in [1.54, 1.807) is 0 Å². The first-order valence-corrected chi connectivity index (χ1v) is 6.66. The molecule has 1 N–H and O–H groups in total. The van der Waals surface area contributed by atoms with E-state index in [-0.39, 0.29) is 5.60 Å². The Morgan fingerprint density at radius 1 is 1.36 bits per heavy atom. The van der Waals surface area contributed by atoms with Crippen molar-refractivity contribution >= 4 is 11.8 Å². The summed E-state index contributed by atoms with van der Waals surface area (Å²) in [6.45, 7) is 7.64. The molecule has 0 amide bonds. The summed E-state index contributed by atoms with van der Waals surface area (Å²) in [5.41, 5.74) is 0.0347. The van der Waals surface area contributed by atoms with Gasteiger partial charge in [-0.15, -0.1) is 0 Å². The summed E-state index contributed by atoms with van der Waals surface area (Å²) < 4.78 is 5.73. The van der Waals surface area contributed by atoms with E-state index in [1.807, 2.05) is 0 Å². The van der Waals surface area contributed by atoms with Crippen LogP contribution in [0, 0.1) is 0 Å². The molecule has 0 aromatic carbocycles. The summed E-state index contributed by atoms with van der Waals surface area (Å²) >= 11 is 2.09. The van der Waals surface area contributed by atoms with Crippen molar-refractivity contribution in [3.63, 3.8) is 0 Å². The van der Waals surface area contributed by atoms with Gasteiger partial charge in [0, 0.05) is 23.9 Å². The van der Waals surface area contributed by atoms with E-state index in [0.717, 1.165) is 11.9 Å². The summed E-state index contributed by atoms with van der Waals surface area (Å²) in [6, 6.07) is 1.25. The first-order valence-electron chi connectivity index (χ1n) is 5.61. The molecule has 2 fully saturated rings. The highest BCUT2D eigenvalue weighted by molar-refractivity contribution is 8.00. The van der Waals surface area contributed by atoms with Crippen molar-refractivity contribution in [2.75, 3.05) is 12.4 Å². The molecule has 3 heteroatoms. The van der Waals surface area contributed by atoms with Crippen LogP contribution < -0.4 is 5.32 Å². The van der Waals surface area contributed by atoms with Gasteiger partial charge in [-0.25, -0.2) is 0 Å². The highest BCUT2D eigenvalue weighted by Crippen LogP contribution is 2.30. The zero-order chi connectivity index (χ0) is 10.2. The molecule has 2 nitrogen and oxygen atoms in total. The van der Waals surface area contributed by atoms with Crippen LogP contribution in [0.5, 0.6) is 0 Å². The van der Waals surface area contributed by atoms with Crippen molar-refractivity contribution in [3.05, 3.63) is 0 Å². The Bertz CT molecular complexity index is 207. The quantitative estimate of drug-likeness (QED) is 0.761. The minimum Gasteiger partial charge on any atom is -0.374 e. The fraction of sp³-hybridized carbons (Fsp3) is 1.00. The van der Waals surface area contributed by atoms with Crippen LogP contribution in [0.25, 0.3) is 0 Å². The van der Waals surface area contributed by atoms with Gasteiger partial charge in [0.2, 0.25) is 0 Å². The van der Waals surface area contributed by atoms with Gasteiger partial charge in [0.15, 0.2) is 0 Å². The lowest BCUT2D eigenvalue weighted by atomic mass is 9.97. The van der Waals surface area contributed by atoms with Crippen LogP contribution >= 0.6 is 11.8 Å². The number of nitrogens with one attached hydrogen (secondary N) is 1. The first kappa shape index (κ1) is 10.8. The molecule has 2 aliphatic rings. The molecule has 3 unspecified atom stereocenters. The molecule has 14 heavy (non-hydrogen) atoms. The van der Waals surface area contributed by atoms with Crippen molar-refractivity contribution in [2.24, 2.45) is 0 Å². The van der Waals surface area contributed by atoms with Crippen molar-refractivity contribution in [1.82, 2.24) is 5.32 Å². The molecule has 2 aliphatic heterocycles. The molecule has 0 saturated carbocycles. The van der Waals surface area contributed by atoms with Gasteiger partial charge < -0.3 is 10.1 Å². The van der Waals surface area contributed by atoms with Gasteiger partial charge in [-0.2, -0.15) is 11.8 Å². The normalized spacial score (nSPS) is 41.8. The van der Waals surface area contributed by atoms with Crippen molar-refractivity contribution in [1.29, 1.82) is 0 Å². The van der Waals surface area contributed by atoms with Crippen LogP contribution in [0.3, 0.4) is 0 Å². The molecule has 0 aromatic rings. The Kier molecular flexibility index (Phi) is 3.10. The summed E-state index contributed by atoms with van der Waals surface area (Å²) in [4.78, 5) is 0. The maximum atomic E-state index is 5.73. The van der Waals surface area contributed by atoms with Crippen LogP contribution in [0.15, 0.2) is 0 Å². The number of hydrogen-bond acceptors (Lipinski definition) is 3. The zero-order valence-corrected chi connectivity index (χ0v) is 10.2. The molecule has 0 bridgehead atoms. The molecule has 2 heterocycles. The first-order chi connectivity index (χ1) is 6.59. The summed E-state index contributed by atoms with van der Waals surface area (Å²) in [6.07, 6.45) is 2.49. The van der Waals surface area contributed by atoms with Crippen molar-refractivity contribution < 1.29 is 4.74 Å². The lowest BCUT2D eigenvalue weighted by Crippen LogP contribution is -2.49. The molecule has 3 atom stereocenters. The maximum absolute atomic E-state index is 5.73. The third-order valence-electron chi connectivity index (χ3n) is 3.51. The standard InChI is InChI=1S/C11H21NOS/c1-8-9(5-7-14-8)12-10-4-6-13-11(10,2)3/h8-10,12H,4-7H2,1-3H3.